The fraction of sp³-hybridized carbons (Fsp3) is 0.588. The number of nitrogens with zero attached hydrogens (tertiary/aromatic N) is 2. The SMILES string of the molecule is O=C(c1ccccc1O)N1CCN(C[C@@H]2CCCCO2)CC1. The van der Waals surface area contributed by atoms with E-state index in [9.17, 15) is 9.90 Å². The molecular formula is C17H24N2O3. The van der Waals surface area contributed by atoms with Crippen LogP contribution in [0, 0.1) is 0 Å². The second-order valence-corrected chi connectivity index (χ2v) is 6.10. The van der Waals surface area contributed by atoms with Crippen molar-refractivity contribution in [1.29, 1.82) is 0 Å². The van der Waals surface area contributed by atoms with Gasteiger partial charge in [0.1, 0.15) is 5.75 Å². The molecule has 0 radical (unpaired) electrons. The van der Waals surface area contributed by atoms with Gasteiger partial charge in [-0.15, -0.1) is 0 Å². The molecule has 1 aromatic rings. The first-order valence-corrected chi connectivity index (χ1v) is 8.15. The van der Waals surface area contributed by atoms with Gasteiger partial charge in [-0.3, -0.25) is 9.69 Å². The molecule has 0 aliphatic carbocycles. The second kappa shape index (κ2) is 7.11. The number of rotatable bonds is 3. The molecule has 2 heterocycles. The van der Waals surface area contributed by atoms with Crippen LogP contribution in [0.5, 0.6) is 5.75 Å². The van der Waals surface area contributed by atoms with Crippen molar-refractivity contribution in [2.45, 2.75) is 25.4 Å². The van der Waals surface area contributed by atoms with Crippen LogP contribution in [0.1, 0.15) is 29.6 Å². The number of para-hydroxylation sites is 1. The number of hydrogen-bond donors (Lipinski definition) is 1. The Morgan fingerprint density at radius 2 is 1.95 bits per heavy atom. The molecule has 22 heavy (non-hydrogen) atoms. The van der Waals surface area contributed by atoms with Gasteiger partial charge in [0, 0.05) is 39.3 Å². The van der Waals surface area contributed by atoms with Crippen LogP contribution in [0.25, 0.3) is 0 Å². The van der Waals surface area contributed by atoms with Gasteiger partial charge in [0.2, 0.25) is 0 Å². The summed E-state index contributed by atoms with van der Waals surface area (Å²) in [4.78, 5) is 16.6. The zero-order valence-electron chi connectivity index (χ0n) is 12.9. The van der Waals surface area contributed by atoms with Gasteiger partial charge in [-0.2, -0.15) is 0 Å². The van der Waals surface area contributed by atoms with Crippen molar-refractivity contribution in [3.8, 4) is 5.75 Å². The minimum Gasteiger partial charge on any atom is -0.507 e. The van der Waals surface area contributed by atoms with E-state index >= 15 is 0 Å². The first kappa shape index (κ1) is 15.3. The van der Waals surface area contributed by atoms with Gasteiger partial charge in [0.25, 0.3) is 5.91 Å². The Bertz CT molecular complexity index is 506. The van der Waals surface area contributed by atoms with E-state index in [-0.39, 0.29) is 11.7 Å². The van der Waals surface area contributed by atoms with Crippen LogP contribution >= 0.6 is 0 Å². The Morgan fingerprint density at radius 1 is 1.18 bits per heavy atom. The zero-order chi connectivity index (χ0) is 15.4. The summed E-state index contributed by atoms with van der Waals surface area (Å²) in [5.74, 6) is -0.0165. The predicted octanol–water partition coefficient (Wildman–Crippen LogP) is 1.72. The summed E-state index contributed by atoms with van der Waals surface area (Å²) in [5, 5.41) is 9.81. The maximum atomic E-state index is 12.4. The van der Waals surface area contributed by atoms with Crippen LogP contribution < -0.4 is 0 Å². The van der Waals surface area contributed by atoms with Crippen molar-refractivity contribution in [1.82, 2.24) is 9.80 Å². The van der Waals surface area contributed by atoms with Crippen molar-refractivity contribution in [2.75, 3.05) is 39.3 Å². The van der Waals surface area contributed by atoms with Crippen LogP contribution in [0.4, 0.5) is 0 Å². The van der Waals surface area contributed by atoms with Gasteiger partial charge in [-0.05, 0) is 31.4 Å². The van der Waals surface area contributed by atoms with Crippen LogP contribution in [0.2, 0.25) is 0 Å². The minimum absolute atomic E-state index is 0.0607. The molecule has 0 saturated carbocycles. The normalized spacial score (nSPS) is 23.5. The molecule has 0 spiro atoms. The molecule has 0 aromatic heterocycles. The van der Waals surface area contributed by atoms with Gasteiger partial charge < -0.3 is 14.7 Å². The Balaban J connectivity index is 1.51. The molecule has 5 heteroatoms. The van der Waals surface area contributed by atoms with Crippen LogP contribution in [0.3, 0.4) is 0 Å². The smallest absolute Gasteiger partial charge is 0.257 e. The molecule has 2 aliphatic heterocycles. The monoisotopic (exact) mass is 304 g/mol. The third-order valence-electron chi connectivity index (χ3n) is 4.53. The molecule has 2 saturated heterocycles. The van der Waals surface area contributed by atoms with E-state index in [4.69, 9.17) is 4.74 Å². The first-order valence-electron chi connectivity index (χ1n) is 8.15. The Labute approximate surface area is 131 Å². The highest BCUT2D eigenvalue weighted by Crippen LogP contribution is 2.19. The van der Waals surface area contributed by atoms with E-state index in [0.717, 1.165) is 32.7 Å². The molecule has 0 bridgehead atoms. The van der Waals surface area contributed by atoms with Crippen molar-refractivity contribution >= 4 is 5.91 Å². The number of amides is 1. The van der Waals surface area contributed by atoms with Gasteiger partial charge in [-0.1, -0.05) is 12.1 Å². The third kappa shape index (κ3) is 3.59. The number of aromatic hydroxyl groups is 1. The molecule has 5 nitrogen and oxygen atoms in total. The van der Waals surface area contributed by atoms with Crippen molar-refractivity contribution in [2.24, 2.45) is 0 Å². The van der Waals surface area contributed by atoms with Crippen molar-refractivity contribution in [3.63, 3.8) is 0 Å². The van der Waals surface area contributed by atoms with E-state index in [1.807, 2.05) is 4.90 Å². The van der Waals surface area contributed by atoms with Crippen LogP contribution in [-0.2, 0) is 4.74 Å². The summed E-state index contributed by atoms with van der Waals surface area (Å²) in [6.07, 6.45) is 3.95. The molecular weight excluding hydrogens is 280 g/mol. The lowest BCUT2D eigenvalue weighted by Gasteiger charge is -2.37. The Morgan fingerprint density at radius 3 is 2.64 bits per heavy atom. The van der Waals surface area contributed by atoms with E-state index < -0.39 is 0 Å². The number of carbonyl (C=O) groups is 1. The summed E-state index contributed by atoms with van der Waals surface area (Å²) < 4.78 is 5.78. The summed E-state index contributed by atoms with van der Waals surface area (Å²) >= 11 is 0. The average molecular weight is 304 g/mol. The van der Waals surface area contributed by atoms with E-state index in [1.54, 1.807) is 24.3 Å². The van der Waals surface area contributed by atoms with E-state index in [1.165, 1.54) is 12.8 Å². The van der Waals surface area contributed by atoms with Gasteiger partial charge >= 0.3 is 0 Å². The van der Waals surface area contributed by atoms with Crippen molar-refractivity contribution in [3.05, 3.63) is 29.8 Å². The molecule has 1 N–H and O–H groups in total. The van der Waals surface area contributed by atoms with Crippen LogP contribution in [-0.4, -0.2) is 66.2 Å². The predicted molar refractivity (Wildman–Crippen MR) is 84.0 cm³/mol. The number of benzene rings is 1. The number of phenolic OH excluding ortho intramolecular Hbond substituents is 1. The number of piperazine rings is 1. The number of hydrogen-bond acceptors (Lipinski definition) is 4. The maximum absolute atomic E-state index is 12.4. The molecule has 0 unspecified atom stereocenters. The lowest BCUT2D eigenvalue weighted by molar-refractivity contribution is -0.0130. The first-order chi connectivity index (χ1) is 10.7. The third-order valence-corrected chi connectivity index (χ3v) is 4.53. The lowest BCUT2D eigenvalue weighted by Crippen LogP contribution is -2.50. The van der Waals surface area contributed by atoms with Gasteiger partial charge in [-0.25, -0.2) is 0 Å². The molecule has 2 aliphatic rings. The van der Waals surface area contributed by atoms with E-state index in [2.05, 4.69) is 4.90 Å². The molecule has 2 fully saturated rings. The van der Waals surface area contributed by atoms with Gasteiger partial charge in [0.15, 0.2) is 0 Å². The maximum Gasteiger partial charge on any atom is 0.257 e. The number of phenols is 1. The van der Waals surface area contributed by atoms with E-state index in [0.29, 0.717) is 24.8 Å². The number of carbonyl (C=O) groups excluding carboxylic acids is 1. The summed E-state index contributed by atoms with van der Waals surface area (Å²) in [6.45, 7) is 5.02. The number of ether oxygens (including phenoxy) is 1. The zero-order valence-corrected chi connectivity index (χ0v) is 12.9. The highest BCUT2D eigenvalue weighted by atomic mass is 16.5. The minimum atomic E-state index is -0.0772. The quantitative estimate of drug-likeness (QED) is 0.924. The topological polar surface area (TPSA) is 53.0 Å². The average Bonchev–Trinajstić information content (AvgIpc) is 2.56. The Kier molecular flexibility index (Phi) is 4.95. The molecule has 120 valence electrons. The standard InChI is InChI=1S/C17H24N2O3/c20-16-7-2-1-6-15(16)17(21)19-10-8-18(9-11-19)13-14-5-3-4-12-22-14/h1-2,6-7,14,20H,3-5,8-13H2/t14-/m0/s1. The lowest BCUT2D eigenvalue weighted by atomic mass is 10.1. The van der Waals surface area contributed by atoms with Crippen LogP contribution in [0.15, 0.2) is 24.3 Å². The van der Waals surface area contributed by atoms with Crippen molar-refractivity contribution < 1.29 is 14.6 Å². The highest BCUT2D eigenvalue weighted by Gasteiger charge is 2.25. The highest BCUT2D eigenvalue weighted by molar-refractivity contribution is 5.96. The molecule has 1 atom stereocenters. The summed E-state index contributed by atoms with van der Waals surface area (Å²) in [7, 11) is 0. The van der Waals surface area contributed by atoms with Gasteiger partial charge in [0.05, 0.1) is 11.7 Å². The fourth-order valence-corrected chi connectivity index (χ4v) is 3.20. The molecule has 3 rings (SSSR count). The summed E-state index contributed by atoms with van der Waals surface area (Å²) in [5.41, 5.74) is 0.395. The molecule has 1 amide bonds. The second-order valence-electron chi connectivity index (χ2n) is 6.10. The largest absolute Gasteiger partial charge is 0.507 e. The fourth-order valence-electron chi connectivity index (χ4n) is 3.20. The Hall–Kier alpha value is -1.59. The summed E-state index contributed by atoms with van der Waals surface area (Å²) in [6, 6.07) is 6.75. The molecule has 1 aromatic carbocycles.